The molecule has 1 fully saturated rings. The van der Waals surface area contributed by atoms with Crippen molar-refractivity contribution >= 4 is 23.2 Å². The molecular formula is C24H25NO4. The normalized spacial score (nSPS) is 14.7. The average Bonchev–Trinajstić information content (AvgIpc) is 3.17. The van der Waals surface area contributed by atoms with Crippen molar-refractivity contribution in [3.05, 3.63) is 53.1 Å². The number of methoxy groups -OCH3 is 2. The van der Waals surface area contributed by atoms with Gasteiger partial charge in [-0.2, -0.15) is 0 Å². The Morgan fingerprint density at radius 3 is 2.55 bits per heavy atom. The lowest BCUT2D eigenvalue weighted by Gasteiger charge is -2.23. The smallest absolute Gasteiger partial charge is 0.337 e. The van der Waals surface area contributed by atoms with E-state index in [-0.39, 0.29) is 5.97 Å². The summed E-state index contributed by atoms with van der Waals surface area (Å²) in [4.78, 5) is 27.3. The van der Waals surface area contributed by atoms with Gasteiger partial charge in [0.15, 0.2) is 6.29 Å². The molecule has 0 radical (unpaired) electrons. The fourth-order valence-electron chi connectivity index (χ4n) is 4.48. The molecule has 0 saturated heterocycles. The monoisotopic (exact) mass is 391 g/mol. The van der Waals surface area contributed by atoms with Gasteiger partial charge in [-0.1, -0.05) is 25.3 Å². The van der Waals surface area contributed by atoms with Crippen molar-refractivity contribution in [2.45, 2.75) is 38.0 Å². The lowest BCUT2D eigenvalue weighted by Crippen LogP contribution is -2.06. The Morgan fingerprint density at radius 1 is 1.07 bits per heavy atom. The van der Waals surface area contributed by atoms with Gasteiger partial charge in [0.1, 0.15) is 5.75 Å². The maximum absolute atomic E-state index is 12.0. The average molecular weight is 391 g/mol. The molecule has 0 amide bonds. The van der Waals surface area contributed by atoms with Crippen LogP contribution in [-0.4, -0.2) is 31.5 Å². The molecule has 1 aliphatic carbocycles. The summed E-state index contributed by atoms with van der Waals surface area (Å²) < 4.78 is 10.2. The highest BCUT2D eigenvalue weighted by atomic mass is 16.5. The number of aromatic amines is 1. The summed E-state index contributed by atoms with van der Waals surface area (Å²) in [7, 11) is 2.97. The Hall–Kier alpha value is -3.08. The second-order valence-electron chi connectivity index (χ2n) is 7.57. The zero-order chi connectivity index (χ0) is 20.4. The van der Waals surface area contributed by atoms with E-state index >= 15 is 0 Å². The number of H-pyrrole nitrogens is 1. The largest absolute Gasteiger partial charge is 0.497 e. The van der Waals surface area contributed by atoms with Crippen LogP contribution >= 0.6 is 0 Å². The van der Waals surface area contributed by atoms with Gasteiger partial charge in [-0.15, -0.1) is 0 Å². The minimum Gasteiger partial charge on any atom is -0.497 e. The summed E-state index contributed by atoms with van der Waals surface area (Å²) in [6.07, 6.45) is 6.81. The summed E-state index contributed by atoms with van der Waals surface area (Å²) in [5, 5.41) is 1.10. The number of fused-ring (bicyclic) bond motifs is 1. The molecule has 0 atom stereocenters. The van der Waals surface area contributed by atoms with Crippen molar-refractivity contribution in [3.63, 3.8) is 0 Å². The predicted molar refractivity (Wildman–Crippen MR) is 113 cm³/mol. The van der Waals surface area contributed by atoms with Crippen LogP contribution in [0.3, 0.4) is 0 Å². The van der Waals surface area contributed by atoms with E-state index in [2.05, 4.69) is 4.98 Å². The first kappa shape index (κ1) is 19.2. The van der Waals surface area contributed by atoms with E-state index in [0.29, 0.717) is 22.8 Å². The van der Waals surface area contributed by atoms with Crippen molar-refractivity contribution in [3.8, 4) is 17.0 Å². The Morgan fingerprint density at radius 2 is 1.86 bits per heavy atom. The van der Waals surface area contributed by atoms with Gasteiger partial charge in [0, 0.05) is 22.0 Å². The van der Waals surface area contributed by atoms with Crippen molar-refractivity contribution in [1.29, 1.82) is 0 Å². The molecule has 2 aromatic carbocycles. The highest BCUT2D eigenvalue weighted by Gasteiger charge is 2.25. The number of rotatable bonds is 5. The number of ether oxygens (including phenoxy) is 2. The number of aldehydes is 1. The Balaban J connectivity index is 1.94. The molecule has 1 heterocycles. The number of esters is 1. The van der Waals surface area contributed by atoms with E-state index in [4.69, 9.17) is 9.47 Å². The van der Waals surface area contributed by atoms with Gasteiger partial charge in [-0.25, -0.2) is 4.79 Å². The number of carbonyl (C=O) groups is 2. The van der Waals surface area contributed by atoms with Crippen LogP contribution in [0.15, 0.2) is 36.4 Å². The Bertz CT molecular complexity index is 1060. The van der Waals surface area contributed by atoms with Crippen molar-refractivity contribution in [2.75, 3.05) is 14.2 Å². The number of carbonyl (C=O) groups excluding carboxylic acids is 2. The van der Waals surface area contributed by atoms with Gasteiger partial charge in [0.05, 0.1) is 25.5 Å². The van der Waals surface area contributed by atoms with Crippen LogP contribution < -0.4 is 4.74 Å². The first-order chi connectivity index (χ1) is 14.2. The lowest BCUT2D eigenvalue weighted by molar-refractivity contribution is 0.0601. The van der Waals surface area contributed by atoms with E-state index in [0.717, 1.165) is 41.3 Å². The molecule has 0 unspecified atom stereocenters. The second kappa shape index (κ2) is 8.11. The number of hydrogen-bond acceptors (Lipinski definition) is 4. The number of aromatic nitrogens is 1. The van der Waals surface area contributed by atoms with E-state index in [1.807, 2.05) is 30.3 Å². The van der Waals surface area contributed by atoms with Gasteiger partial charge in [-0.3, -0.25) is 4.79 Å². The fourth-order valence-corrected chi connectivity index (χ4v) is 4.48. The minimum absolute atomic E-state index is 0.361. The van der Waals surface area contributed by atoms with Gasteiger partial charge in [-0.05, 0) is 54.7 Å². The highest BCUT2D eigenvalue weighted by molar-refractivity contribution is 5.99. The van der Waals surface area contributed by atoms with Crippen LogP contribution in [0, 0.1) is 0 Å². The lowest BCUT2D eigenvalue weighted by atomic mass is 9.81. The molecule has 3 aromatic rings. The molecule has 1 saturated carbocycles. The first-order valence-corrected chi connectivity index (χ1v) is 10.0. The molecule has 1 aliphatic rings. The molecule has 29 heavy (non-hydrogen) atoms. The van der Waals surface area contributed by atoms with Crippen LogP contribution in [0.1, 0.15) is 64.3 Å². The molecular weight excluding hydrogens is 366 g/mol. The number of benzene rings is 2. The van der Waals surface area contributed by atoms with Crippen LogP contribution in [0.4, 0.5) is 0 Å². The zero-order valence-electron chi connectivity index (χ0n) is 16.8. The molecule has 0 aliphatic heterocycles. The summed E-state index contributed by atoms with van der Waals surface area (Å²) in [5.74, 6) is 0.720. The highest BCUT2D eigenvalue weighted by Crippen LogP contribution is 2.43. The molecule has 0 bridgehead atoms. The summed E-state index contributed by atoms with van der Waals surface area (Å²) in [5.41, 5.74) is 5.03. The second-order valence-corrected chi connectivity index (χ2v) is 7.57. The Labute approximate surface area is 170 Å². The molecule has 150 valence electrons. The summed E-state index contributed by atoms with van der Waals surface area (Å²) in [6, 6.07) is 11.2. The quantitative estimate of drug-likeness (QED) is 0.461. The number of nitrogens with one attached hydrogen (secondary N) is 1. The fraction of sp³-hybridized carbons (Fsp3) is 0.333. The van der Waals surface area contributed by atoms with Gasteiger partial charge < -0.3 is 14.5 Å². The molecule has 5 heteroatoms. The third kappa shape index (κ3) is 3.53. The van der Waals surface area contributed by atoms with E-state index in [1.54, 1.807) is 13.2 Å². The summed E-state index contributed by atoms with van der Waals surface area (Å²) >= 11 is 0. The third-order valence-corrected chi connectivity index (χ3v) is 5.93. The predicted octanol–water partition coefficient (Wildman–Crippen LogP) is 5.49. The molecule has 5 nitrogen and oxygen atoms in total. The van der Waals surface area contributed by atoms with Gasteiger partial charge in [0.25, 0.3) is 0 Å². The zero-order valence-corrected chi connectivity index (χ0v) is 16.8. The molecule has 1 N–H and O–H groups in total. The maximum Gasteiger partial charge on any atom is 0.337 e. The van der Waals surface area contributed by atoms with Gasteiger partial charge >= 0.3 is 5.97 Å². The van der Waals surface area contributed by atoms with Crippen molar-refractivity contribution in [1.82, 2.24) is 4.98 Å². The van der Waals surface area contributed by atoms with E-state index in [9.17, 15) is 9.59 Å². The van der Waals surface area contributed by atoms with E-state index in [1.165, 1.54) is 31.9 Å². The maximum atomic E-state index is 12.0. The summed E-state index contributed by atoms with van der Waals surface area (Å²) in [6.45, 7) is 0. The minimum atomic E-state index is -0.361. The first-order valence-electron chi connectivity index (χ1n) is 10.0. The number of hydrogen-bond donors (Lipinski definition) is 1. The Kier molecular flexibility index (Phi) is 5.38. The molecule has 4 rings (SSSR count). The SMILES string of the molecule is COC(=O)c1ccc2c(C3CCCCC3)c(-c3ccc(OC)cc3C=O)[nH]c2c1. The third-order valence-electron chi connectivity index (χ3n) is 5.93. The molecule has 0 spiro atoms. The van der Waals surface area contributed by atoms with Crippen LogP contribution in [0.5, 0.6) is 5.75 Å². The van der Waals surface area contributed by atoms with Crippen LogP contribution in [0.2, 0.25) is 0 Å². The molecule has 1 aromatic heterocycles. The van der Waals surface area contributed by atoms with Crippen molar-refractivity contribution in [2.24, 2.45) is 0 Å². The van der Waals surface area contributed by atoms with Crippen LogP contribution in [-0.2, 0) is 4.74 Å². The standard InChI is InChI=1S/C24H25NO4/c1-28-18-9-11-19(17(12-18)14-26)23-22(15-6-4-3-5-7-15)20-10-8-16(24(27)29-2)13-21(20)25-23/h8-15,25H,3-7H2,1-2H3. The van der Waals surface area contributed by atoms with Crippen molar-refractivity contribution < 1.29 is 19.1 Å². The van der Waals surface area contributed by atoms with E-state index < -0.39 is 0 Å². The van der Waals surface area contributed by atoms with Gasteiger partial charge in [0.2, 0.25) is 0 Å². The van der Waals surface area contributed by atoms with Crippen LogP contribution in [0.25, 0.3) is 22.2 Å². The topological polar surface area (TPSA) is 68.4 Å².